The topological polar surface area (TPSA) is 75.7 Å². The number of carbonyl (C=O) groups is 1. The van der Waals surface area contributed by atoms with E-state index in [1.165, 1.54) is 17.0 Å². The number of fused-ring (bicyclic) bond motifs is 1. The molecule has 1 aliphatic carbocycles. The normalized spacial score (nSPS) is 25.3. The lowest BCUT2D eigenvalue weighted by Gasteiger charge is -2.46. The fraction of sp³-hybridized carbons (Fsp3) is 0.650. The van der Waals surface area contributed by atoms with Crippen LogP contribution in [0, 0.1) is 0 Å². The van der Waals surface area contributed by atoms with Gasteiger partial charge in [-0.15, -0.1) is 0 Å². The molecule has 6 nitrogen and oxygen atoms in total. The van der Waals surface area contributed by atoms with E-state index in [1.807, 2.05) is 18.2 Å². The van der Waals surface area contributed by atoms with Crippen molar-refractivity contribution < 1.29 is 17.9 Å². The molecule has 1 aromatic rings. The second kappa shape index (κ2) is 7.09. The Kier molecular flexibility index (Phi) is 4.93. The fourth-order valence-corrected chi connectivity index (χ4v) is 5.37. The minimum atomic E-state index is -3.17. The summed E-state index contributed by atoms with van der Waals surface area (Å²) in [5.41, 5.74) is 0.717. The molecular formula is C20H28N2O4S. The molecule has 1 aromatic carbocycles. The standard InChI is InChI=1S/C20H28N2O4S/c1-27(24,25)22-11-9-20(10-12-22)14-15(13-19(23)21-16-5-4-6-16)17-7-2-3-8-18(17)26-20/h2-3,7-8,15-16H,4-6,9-14H2,1H3,(H,21,23)/t15-/m1/s1. The molecule has 1 amide bonds. The molecule has 2 heterocycles. The van der Waals surface area contributed by atoms with Crippen LogP contribution < -0.4 is 10.1 Å². The largest absolute Gasteiger partial charge is 0.487 e. The van der Waals surface area contributed by atoms with E-state index >= 15 is 0 Å². The zero-order chi connectivity index (χ0) is 19.1. The number of sulfonamides is 1. The van der Waals surface area contributed by atoms with Gasteiger partial charge in [0.05, 0.1) is 6.26 Å². The van der Waals surface area contributed by atoms with Crippen molar-refractivity contribution in [2.45, 2.75) is 62.5 Å². The first kappa shape index (κ1) is 18.7. The van der Waals surface area contributed by atoms with Gasteiger partial charge in [0.2, 0.25) is 15.9 Å². The lowest BCUT2D eigenvalue weighted by atomic mass is 9.76. The van der Waals surface area contributed by atoms with Gasteiger partial charge < -0.3 is 10.1 Å². The molecular weight excluding hydrogens is 364 g/mol. The first-order chi connectivity index (χ1) is 12.8. The molecule has 0 unspecified atom stereocenters. The average Bonchev–Trinajstić information content (AvgIpc) is 2.58. The molecule has 2 fully saturated rings. The molecule has 1 saturated carbocycles. The summed E-state index contributed by atoms with van der Waals surface area (Å²) in [4.78, 5) is 12.5. The Morgan fingerprint density at radius 3 is 2.59 bits per heavy atom. The third-order valence-corrected chi connectivity index (χ3v) is 7.61. The summed E-state index contributed by atoms with van der Waals surface area (Å²) in [6, 6.07) is 8.31. The smallest absolute Gasteiger partial charge is 0.220 e. The van der Waals surface area contributed by atoms with Gasteiger partial charge in [-0.2, -0.15) is 0 Å². The SMILES string of the molecule is CS(=O)(=O)N1CCC2(CC1)C[C@@H](CC(=O)NC1CCC1)c1ccccc1O2. The highest BCUT2D eigenvalue weighted by Gasteiger charge is 2.44. The summed E-state index contributed by atoms with van der Waals surface area (Å²) < 4.78 is 31.6. The molecule has 1 saturated heterocycles. The summed E-state index contributed by atoms with van der Waals surface area (Å²) in [6.45, 7) is 0.948. The van der Waals surface area contributed by atoms with Crippen LogP contribution in [0.1, 0.15) is 56.4 Å². The second-order valence-corrected chi connectivity index (χ2v) is 10.3. The van der Waals surface area contributed by atoms with E-state index in [0.29, 0.717) is 38.4 Å². The molecule has 7 heteroatoms. The molecule has 2 aliphatic heterocycles. The molecule has 1 atom stereocenters. The van der Waals surface area contributed by atoms with Crippen molar-refractivity contribution in [3.63, 3.8) is 0 Å². The van der Waals surface area contributed by atoms with Crippen LogP contribution >= 0.6 is 0 Å². The van der Waals surface area contributed by atoms with Gasteiger partial charge in [-0.25, -0.2) is 12.7 Å². The van der Waals surface area contributed by atoms with Crippen LogP contribution in [0.25, 0.3) is 0 Å². The van der Waals surface area contributed by atoms with Gasteiger partial charge in [0.25, 0.3) is 0 Å². The van der Waals surface area contributed by atoms with Crippen LogP contribution in [-0.4, -0.2) is 49.6 Å². The Morgan fingerprint density at radius 2 is 1.96 bits per heavy atom. The number of amides is 1. The van der Waals surface area contributed by atoms with Crippen LogP contribution in [0.3, 0.4) is 0 Å². The van der Waals surface area contributed by atoms with Gasteiger partial charge in [-0.05, 0) is 37.3 Å². The number of para-hydroxylation sites is 1. The van der Waals surface area contributed by atoms with Crippen molar-refractivity contribution in [2.24, 2.45) is 0 Å². The van der Waals surface area contributed by atoms with Crippen LogP contribution in [0.5, 0.6) is 5.75 Å². The summed E-state index contributed by atoms with van der Waals surface area (Å²) in [6.07, 6.45) is 7.18. The highest BCUT2D eigenvalue weighted by Crippen LogP contribution is 2.46. The maximum Gasteiger partial charge on any atom is 0.220 e. The van der Waals surface area contributed by atoms with Crippen molar-refractivity contribution in [3.8, 4) is 5.75 Å². The van der Waals surface area contributed by atoms with Gasteiger partial charge in [0, 0.05) is 44.3 Å². The molecule has 0 bridgehead atoms. The average molecular weight is 393 g/mol. The quantitative estimate of drug-likeness (QED) is 0.854. The maximum atomic E-state index is 12.5. The third-order valence-electron chi connectivity index (χ3n) is 6.31. The number of nitrogens with one attached hydrogen (secondary N) is 1. The first-order valence-electron chi connectivity index (χ1n) is 9.87. The Morgan fingerprint density at radius 1 is 1.26 bits per heavy atom. The van der Waals surface area contributed by atoms with E-state index < -0.39 is 10.0 Å². The Hall–Kier alpha value is -1.60. The van der Waals surface area contributed by atoms with E-state index in [1.54, 1.807) is 0 Å². The molecule has 1 spiro atoms. The number of nitrogens with zero attached hydrogens (tertiary/aromatic N) is 1. The number of hydrogen-bond donors (Lipinski definition) is 1. The zero-order valence-electron chi connectivity index (χ0n) is 15.8. The molecule has 1 N–H and O–H groups in total. The number of rotatable bonds is 4. The van der Waals surface area contributed by atoms with Gasteiger partial charge in [0.15, 0.2) is 0 Å². The maximum absolute atomic E-state index is 12.5. The van der Waals surface area contributed by atoms with Gasteiger partial charge in [-0.1, -0.05) is 18.2 Å². The van der Waals surface area contributed by atoms with Gasteiger partial charge >= 0.3 is 0 Å². The number of carbonyl (C=O) groups excluding carboxylic acids is 1. The molecule has 27 heavy (non-hydrogen) atoms. The van der Waals surface area contributed by atoms with Crippen molar-refractivity contribution in [1.29, 1.82) is 0 Å². The number of piperidine rings is 1. The molecule has 0 radical (unpaired) electrons. The fourth-order valence-electron chi connectivity index (χ4n) is 4.52. The minimum absolute atomic E-state index is 0.111. The summed E-state index contributed by atoms with van der Waals surface area (Å²) >= 11 is 0. The lowest BCUT2D eigenvalue weighted by molar-refractivity contribution is -0.123. The molecule has 148 valence electrons. The summed E-state index contributed by atoms with van der Waals surface area (Å²) in [5.74, 6) is 1.07. The van der Waals surface area contributed by atoms with E-state index in [9.17, 15) is 13.2 Å². The number of hydrogen-bond acceptors (Lipinski definition) is 4. The van der Waals surface area contributed by atoms with E-state index in [2.05, 4.69) is 11.4 Å². The Labute approximate surface area is 161 Å². The van der Waals surface area contributed by atoms with Crippen molar-refractivity contribution >= 4 is 15.9 Å². The van der Waals surface area contributed by atoms with Crippen LogP contribution in [-0.2, 0) is 14.8 Å². The number of benzene rings is 1. The van der Waals surface area contributed by atoms with Gasteiger partial charge in [-0.3, -0.25) is 4.79 Å². The van der Waals surface area contributed by atoms with Crippen LogP contribution in [0.2, 0.25) is 0 Å². The van der Waals surface area contributed by atoms with Crippen molar-refractivity contribution in [1.82, 2.24) is 9.62 Å². The molecule has 4 rings (SSSR count). The first-order valence-corrected chi connectivity index (χ1v) is 11.7. The summed E-state index contributed by atoms with van der Waals surface area (Å²) in [5, 5.41) is 3.15. The van der Waals surface area contributed by atoms with Gasteiger partial charge in [0.1, 0.15) is 11.4 Å². The molecule has 3 aliphatic rings. The monoisotopic (exact) mass is 392 g/mol. The van der Waals surface area contributed by atoms with Crippen LogP contribution in [0.15, 0.2) is 24.3 Å². The highest BCUT2D eigenvalue weighted by atomic mass is 32.2. The van der Waals surface area contributed by atoms with E-state index in [-0.39, 0.29) is 17.4 Å². The summed E-state index contributed by atoms with van der Waals surface area (Å²) in [7, 11) is -3.17. The Balaban J connectivity index is 1.50. The van der Waals surface area contributed by atoms with E-state index in [4.69, 9.17) is 4.74 Å². The Bertz CT molecular complexity index is 811. The van der Waals surface area contributed by atoms with Crippen LogP contribution in [0.4, 0.5) is 0 Å². The lowest BCUT2D eigenvalue weighted by Crippen LogP contribution is -2.52. The predicted octanol–water partition coefficient (Wildman–Crippen LogP) is 2.41. The molecule has 0 aromatic heterocycles. The predicted molar refractivity (Wildman–Crippen MR) is 103 cm³/mol. The third kappa shape index (κ3) is 3.99. The highest BCUT2D eigenvalue weighted by molar-refractivity contribution is 7.88. The number of ether oxygens (including phenoxy) is 1. The minimum Gasteiger partial charge on any atom is -0.487 e. The van der Waals surface area contributed by atoms with E-state index in [0.717, 1.165) is 30.6 Å². The van der Waals surface area contributed by atoms with Crippen molar-refractivity contribution in [3.05, 3.63) is 29.8 Å². The van der Waals surface area contributed by atoms with Crippen molar-refractivity contribution in [2.75, 3.05) is 19.3 Å². The second-order valence-electron chi connectivity index (χ2n) is 8.29. The zero-order valence-corrected chi connectivity index (χ0v) is 16.6.